The van der Waals surface area contributed by atoms with Gasteiger partial charge in [0, 0.05) is 17.3 Å². The summed E-state index contributed by atoms with van der Waals surface area (Å²) in [7, 11) is 0. The molecule has 1 aromatic rings. The zero-order valence-corrected chi connectivity index (χ0v) is 9.41. The molecular weight excluding hydrogens is 194 g/mol. The van der Waals surface area contributed by atoms with Gasteiger partial charge in [-0.2, -0.15) is 0 Å². The van der Waals surface area contributed by atoms with Gasteiger partial charge in [0.25, 0.3) is 0 Å². The molecule has 1 aliphatic carbocycles. The van der Waals surface area contributed by atoms with E-state index in [9.17, 15) is 4.79 Å². The first kappa shape index (κ1) is 9.71. The van der Waals surface area contributed by atoms with Crippen molar-refractivity contribution in [2.24, 2.45) is 5.92 Å². The van der Waals surface area contributed by atoms with Crippen molar-refractivity contribution in [3.63, 3.8) is 0 Å². The van der Waals surface area contributed by atoms with Gasteiger partial charge in [-0.3, -0.25) is 4.79 Å². The lowest BCUT2D eigenvalue weighted by atomic mass is 10.2. The quantitative estimate of drug-likeness (QED) is 0.813. The minimum Gasteiger partial charge on any atom is -0.352 e. The Balaban J connectivity index is 1.90. The molecule has 0 radical (unpaired) electrons. The van der Waals surface area contributed by atoms with E-state index in [-0.39, 0.29) is 5.91 Å². The number of rotatable bonds is 3. The van der Waals surface area contributed by atoms with Crippen LogP contribution in [0.5, 0.6) is 0 Å². The molecule has 1 aromatic heterocycles. The number of nitrogens with one attached hydrogen (secondary N) is 1. The summed E-state index contributed by atoms with van der Waals surface area (Å²) < 4.78 is 0. The van der Waals surface area contributed by atoms with E-state index < -0.39 is 0 Å². The summed E-state index contributed by atoms with van der Waals surface area (Å²) in [5, 5.41) is 5.12. The average Bonchev–Trinajstić information content (AvgIpc) is 2.95. The number of hydrogen-bond acceptors (Lipinski definition) is 2. The number of carbonyl (C=O) groups is 1. The molecule has 0 spiro atoms. The maximum absolute atomic E-state index is 11.4. The van der Waals surface area contributed by atoms with Crippen molar-refractivity contribution < 1.29 is 4.79 Å². The Morgan fingerprint density at radius 2 is 2.29 bits per heavy atom. The smallest absolute Gasteiger partial charge is 0.223 e. The van der Waals surface area contributed by atoms with Gasteiger partial charge >= 0.3 is 0 Å². The van der Waals surface area contributed by atoms with Gasteiger partial charge in [0.15, 0.2) is 0 Å². The molecule has 1 heterocycles. The van der Waals surface area contributed by atoms with Crippen LogP contribution in [0.4, 0.5) is 0 Å². The van der Waals surface area contributed by atoms with E-state index >= 15 is 0 Å². The van der Waals surface area contributed by atoms with Crippen molar-refractivity contribution in [1.82, 2.24) is 5.32 Å². The first-order chi connectivity index (χ1) is 6.68. The fourth-order valence-corrected chi connectivity index (χ4v) is 2.30. The Labute approximate surface area is 88.3 Å². The lowest BCUT2D eigenvalue weighted by molar-refractivity contribution is -0.122. The van der Waals surface area contributed by atoms with Crippen molar-refractivity contribution in [2.45, 2.75) is 33.2 Å². The number of carbonyl (C=O) groups excluding carboxylic acids is 1. The molecular formula is C11H15NOS. The van der Waals surface area contributed by atoms with Crippen LogP contribution in [-0.4, -0.2) is 5.91 Å². The Bertz CT molecular complexity index is 352. The van der Waals surface area contributed by atoms with Gasteiger partial charge in [0.1, 0.15) is 0 Å². The monoisotopic (exact) mass is 209 g/mol. The summed E-state index contributed by atoms with van der Waals surface area (Å²) in [6, 6.07) is 0. The maximum atomic E-state index is 11.4. The SMILES string of the molecule is Cc1scc(CNC(=O)C2CC2)c1C. The minimum absolute atomic E-state index is 0.230. The van der Waals surface area contributed by atoms with Gasteiger partial charge in [-0.25, -0.2) is 0 Å². The van der Waals surface area contributed by atoms with E-state index in [0.717, 1.165) is 12.8 Å². The molecule has 0 aliphatic heterocycles. The Morgan fingerprint density at radius 1 is 1.57 bits per heavy atom. The third-order valence-corrected chi connectivity index (χ3v) is 3.85. The van der Waals surface area contributed by atoms with Gasteiger partial charge in [-0.05, 0) is 43.2 Å². The van der Waals surface area contributed by atoms with Crippen LogP contribution in [0.15, 0.2) is 5.38 Å². The minimum atomic E-state index is 0.230. The third kappa shape index (κ3) is 1.98. The van der Waals surface area contributed by atoms with Crippen LogP contribution < -0.4 is 5.32 Å². The number of hydrogen-bond donors (Lipinski definition) is 1. The fourth-order valence-electron chi connectivity index (χ4n) is 1.41. The number of aryl methyl sites for hydroxylation is 1. The van der Waals surface area contributed by atoms with Crippen LogP contribution in [0.25, 0.3) is 0 Å². The highest BCUT2D eigenvalue weighted by Gasteiger charge is 2.29. The van der Waals surface area contributed by atoms with Gasteiger partial charge in [-0.1, -0.05) is 0 Å². The van der Waals surface area contributed by atoms with E-state index in [1.54, 1.807) is 11.3 Å². The lowest BCUT2D eigenvalue weighted by Crippen LogP contribution is -2.24. The first-order valence-corrected chi connectivity index (χ1v) is 5.87. The summed E-state index contributed by atoms with van der Waals surface area (Å²) in [6.45, 7) is 4.93. The molecule has 1 N–H and O–H groups in total. The van der Waals surface area contributed by atoms with Crippen molar-refractivity contribution >= 4 is 17.2 Å². The Morgan fingerprint density at radius 3 is 2.79 bits per heavy atom. The van der Waals surface area contributed by atoms with Crippen LogP contribution in [0.3, 0.4) is 0 Å². The third-order valence-electron chi connectivity index (χ3n) is 2.79. The molecule has 2 nitrogen and oxygen atoms in total. The molecule has 0 atom stereocenters. The highest BCUT2D eigenvalue weighted by Crippen LogP contribution is 2.29. The maximum Gasteiger partial charge on any atom is 0.223 e. The van der Waals surface area contributed by atoms with E-state index in [2.05, 4.69) is 24.5 Å². The van der Waals surface area contributed by atoms with Crippen molar-refractivity contribution in [1.29, 1.82) is 0 Å². The summed E-state index contributed by atoms with van der Waals surface area (Å²) in [6.07, 6.45) is 2.15. The molecule has 0 saturated heterocycles. The highest BCUT2D eigenvalue weighted by atomic mass is 32.1. The predicted molar refractivity (Wildman–Crippen MR) is 58.4 cm³/mol. The molecule has 14 heavy (non-hydrogen) atoms. The molecule has 3 heteroatoms. The zero-order valence-electron chi connectivity index (χ0n) is 8.59. The van der Waals surface area contributed by atoms with Crippen molar-refractivity contribution in [2.75, 3.05) is 0 Å². The van der Waals surface area contributed by atoms with E-state index in [0.29, 0.717) is 12.5 Å². The van der Waals surface area contributed by atoms with Crippen molar-refractivity contribution in [3.05, 3.63) is 21.4 Å². The Hall–Kier alpha value is -0.830. The summed E-state index contributed by atoms with van der Waals surface area (Å²) in [5.41, 5.74) is 2.59. The van der Waals surface area contributed by atoms with E-state index in [1.807, 2.05) is 0 Å². The topological polar surface area (TPSA) is 29.1 Å². The van der Waals surface area contributed by atoms with Gasteiger partial charge in [0.2, 0.25) is 5.91 Å². The molecule has 0 bridgehead atoms. The van der Waals surface area contributed by atoms with Crippen LogP contribution >= 0.6 is 11.3 Å². The molecule has 2 rings (SSSR count). The highest BCUT2D eigenvalue weighted by molar-refractivity contribution is 7.10. The normalized spacial score (nSPS) is 15.6. The van der Waals surface area contributed by atoms with Crippen LogP contribution in [-0.2, 0) is 11.3 Å². The second kappa shape index (κ2) is 3.73. The molecule has 1 amide bonds. The second-order valence-corrected chi connectivity index (χ2v) is 5.02. The van der Waals surface area contributed by atoms with E-state index in [1.165, 1.54) is 16.0 Å². The molecule has 1 saturated carbocycles. The second-order valence-electron chi connectivity index (χ2n) is 3.93. The van der Waals surface area contributed by atoms with Crippen LogP contribution in [0.2, 0.25) is 0 Å². The fraction of sp³-hybridized carbons (Fsp3) is 0.545. The standard InChI is InChI=1S/C11H15NOS/c1-7-8(2)14-6-10(7)5-12-11(13)9-3-4-9/h6,9H,3-5H2,1-2H3,(H,12,13). The van der Waals surface area contributed by atoms with Gasteiger partial charge < -0.3 is 5.32 Å². The first-order valence-electron chi connectivity index (χ1n) is 4.99. The lowest BCUT2D eigenvalue weighted by Gasteiger charge is -2.03. The largest absolute Gasteiger partial charge is 0.352 e. The zero-order chi connectivity index (χ0) is 10.1. The number of thiophene rings is 1. The summed E-state index contributed by atoms with van der Waals surface area (Å²) in [5.74, 6) is 0.545. The summed E-state index contributed by atoms with van der Waals surface area (Å²) >= 11 is 1.76. The van der Waals surface area contributed by atoms with Crippen LogP contribution in [0, 0.1) is 19.8 Å². The molecule has 76 valence electrons. The number of amides is 1. The van der Waals surface area contributed by atoms with Crippen LogP contribution in [0.1, 0.15) is 28.8 Å². The molecule has 1 aliphatic rings. The molecule has 1 fully saturated rings. The van der Waals surface area contributed by atoms with Gasteiger partial charge in [0.05, 0.1) is 0 Å². The Kier molecular flexibility index (Phi) is 2.59. The van der Waals surface area contributed by atoms with E-state index in [4.69, 9.17) is 0 Å². The predicted octanol–water partition coefficient (Wildman–Crippen LogP) is 2.39. The molecule has 0 aromatic carbocycles. The summed E-state index contributed by atoms with van der Waals surface area (Å²) in [4.78, 5) is 12.7. The van der Waals surface area contributed by atoms with Gasteiger partial charge in [-0.15, -0.1) is 11.3 Å². The van der Waals surface area contributed by atoms with Crippen molar-refractivity contribution in [3.8, 4) is 0 Å². The average molecular weight is 209 g/mol. The molecule has 0 unspecified atom stereocenters.